The van der Waals surface area contributed by atoms with Crippen molar-refractivity contribution in [1.29, 1.82) is 0 Å². The highest BCUT2D eigenvalue weighted by Crippen LogP contribution is 2.20. The molecular formula is C14H9FO2. The molecule has 0 aliphatic carbocycles. The molecule has 0 aromatic heterocycles. The maximum absolute atomic E-state index is 13.5. The average Bonchev–Trinajstić information content (AvgIpc) is 2.32. The van der Waals surface area contributed by atoms with Gasteiger partial charge < -0.3 is 5.11 Å². The predicted molar refractivity (Wildman–Crippen MR) is 63.0 cm³/mol. The minimum Gasteiger partial charge on any atom is -0.481 e. The van der Waals surface area contributed by atoms with Gasteiger partial charge in [0.25, 0.3) is 0 Å². The Bertz CT molecular complexity index is 635. The van der Waals surface area contributed by atoms with Crippen LogP contribution < -0.4 is 0 Å². The van der Waals surface area contributed by atoms with Crippen LogP contribution in [0.1, 0.15) is 12.0 Å². The molecule has 2 aromatic rings. The number of carbonyl (C=O) groups is 1. The van der Waals surface area contributed by atoms with E-state index in [1.54, 1.807) is 30.3 Å². The van der Waals surface area contributed by atoms with E-state index >= 15 is 0 Å². The number of aliphatic carboxylic acids is 1. The molecule has 0 bridgehead atoms. The Morgan fingerprint density at radius 3 is 2.59 bits per heavy atom. The van der Waals surface area contributed by atoms with Gasteiger partial charge in [-0.3, -0.25) is 4.79 Å². The Hall–Kier alpha value is -2.34. The van der Waals surface area contributed by atoms with Crippen LogP contribution in [0.25, 0.3) is 10.8 Å². The summed E-state index contributed by atoms with van der Waals surface area (Å²) in [5, 5.41) is 9.68. The molecule has 2 rings (SSSR count). The highest BCUT2D eigenvalue weighted by atomic mass is 19.1. The van der Waals surface area contributed by atoms with Crippen LogP contribution in [0.2, 0.25) is 0 Å². The van der Waals surface area contributed by atoms with Gasteiger partial charge in [0.1, 0.15) is 12.2 Å². The highest BCUT2D eigenvalue weighted by Gasteiger charge is 2.02. The fourth-order valence-electron chi connectivity index (χ4n) is 1.59. The third kappa shape index (κ3) is 2.43. The van der Waals surface area contributed by atoms with Crippen LogP contribution in [0.15, 0.2) is 36.4 Å². The predicted octanol–water partition coefficient (Wildman–Crippen LogP) is 2.81. The SMILES string of the molecule is O=C(O)CC#Cc1ccc(F)c2ccccc12. The maximum Gasteiger partial charge on any atom is 0.315 e. The summed E-state index contributed by atoms with van der Waals surface area (Å²) >= 11 is 0. The van der Waals surface area contributed by atoms with Gasteiger partial charge in [0.05, 0.1) is 0 Å². The molecule has 17 heavy (non-hydrogen) atoms. The summed E-state index contributed by atoms with van der Waals surface area (Å²) in [6.45, 7) is 0. The summed E-state index contributed by atoms with van der Waals surface area (Å²) in [7, 11) is 0. The molecule has 0 unspecified atom stereocenters. The topological polar surface area (TPSA) is 37.3 Å². The minimum atomic E-state index is -0.969. The van der Waals surface area contributed by atoms with Crippen molar-refractivity contribution in [2.45, 2.75) is 6.42 Å². The van der Waals surface area contributed by atoms with E-state index < -0.39 is 5.97 Å². The smallest absolute Gasteiger partial charge is 0.315 e. The first-order chi connectivity index (χ1) is 8.18. The van der Waals surface area contributed by atoms with Gasteiger partial charge in [-0.05, 0) is 12.1 Å². The number of carboxylic acid groups (broad SMARTS) is 1. The molecule has 84 valence electrons. The molecule has 0 saturated heterocycles. The van der Waals surface area contributed by atoms with Crippen LogP contribution in [-0.4, -0.2) is 11.1 Å². The third-order valence-corrected chi connectivity index (χ3v) is 2.33. The van der Waals surface area contributed by atoms with Crippen molar-refractivity contribution in [2.75, 3.05) is 0 Å². The lowest BCUT2D eigenvalue weighted by Crippen LogP contribution is -1.90. The second kappa shape index (κ2) is 4.67. The van der Waals surface area contributed by atoms with Gasteiger partial charge in [-0.1, -0.05) is 36.1 Å². The Balaban J connectivity index is 2.51. The number of fused-ring (bicyclic) bond motifs is 1. The fourth-order valence-corrected chi connectivity index (χ4v) is 1.59. The molecule has 2 aromatic carbocycles. The van der Waals surface area contributed by atoms with Crippen LogP contribution in [0.4, 0.5) is 4.39 Å². The summed E-state index contributed by atoms with van der Waals surface area (Å²) in [6, 6.07) is 9.89. The Morgan fingerprint density at radius 2 is 1.88 bits per heavy atom. The van der Waals surface area contributed by atoms with Gasteiger partial charge in [0, 0.05) is 16.3 Å². The number of rotatable bonds is 1. The van der Waals surface area contributed by atoms with Gasteiger partial charge in [0.15, 0.2) is 0 Å². The number of hydrogen-bond donors (Lipinski definition) is 1. The van der Waals surface area contributed by atoms with E-state index in [4.69, 9.17) is 5.11 Å². The first kappa shape index (κ1) is 11.2. The van der Waals surface area contributed by atoms with E-state index in [9.17, 15) is 9.18 Å². The zero-order chi connectivity index (χ0) is 12.3. The molecule has 0 heterocycles. The highest BCUT2D eigenvalue weighted by molar-refractivity contribution is 5.88. The molecule has 0 fully saturated rings. The maximum atomic E-state index is 13.5. The van der Waals surface area contributed by atoms with Crippen molar-refractivity contribution in [3.05, 3.63) is 47.8 Å². The molecule has 0 saturated carbocycles. The van der Waals surface area contributed by atoms with E-state index in [1.165, 1.54) is 6.07 Å². The van der Waals surface area contributed by atoms with Gasteiger partial charge in [0.2, 0.25) is 0 Å². The first-order valence-corrected chi connectivity index (χ1v) is 5.06. The molecule has 3 heteroatoms. The third-order valence-electron chi connectivity index (χ3n) is 2.33. The molecular weight excluding hydrogens is 219 g/mol. The molecule has 0 atom stereocenters. The van der Waals surface area contributed by atoms with Crippen molar-refractivity contribution < 1.29 is 14.3 Å². The monoisotopic (exact) mass is 228 g/mol. The Labute approximate surface area is 97.7 Å². The van der Waals surface area contributed by atoms with Gasteiger partial charge in [-0.25, -0.2) is 4.39 Å². The van der Waals surface area contributed by atoms with Gasteiger partial charge in [-0.2, -0.15) is 0 Å². The molecule has 1 N–H and O–H groups in total. The lowest BCUT2D eigenvalue weighted by atomic mass is 10.0. The second-order valence-corrected chi connectivity index (χ2v) is 3.51. The average molecular weight is 228 g/mol. The normalized spacial score (nSPS) is 9.71. The van der Waals surface area contributed by atoms with E-state index in [2.05, 4.69) is 11.8 Å². The van der Waals surface area contributed by atoms with Crippen LogP contribution in [0.3, 0.4) is 0 Å². The Morgan fingerprint density at radius 1 is 1.18 bits per heavy atom. The summed E-state index contributed by atoms with van der Waals surface area (Å²) in [5.74, 6) is 4.02. The van der Waals surface area contributed by atoms with E-state index in [0.29, 0.717) is 16.3 Å². The van der Waals surface area contributed by atoms with Crippen LogP contribution >= 0.6 is 0 Å². The van der Waals surface area contributed by atoms with Crippen LogP contribution in [-0.2, 0) is 4.79 Å². The summed E-state index contributed by atoms with van der Waals surface area (Å²) < 4.78 is 13.5. The fraction of sp³-hybridized carbons (Fsp3) is 0.0714. The van der Waals surface area contributed by atoms with E-state index in [1.807, 2.05) is 0 Å². The number of carboxylic acids is 1. The van der Waals surface area contributed by atoms with E-state index in [0.717, 1.165) is 0 Å². The van der Waals surface area contributed by atoms with Crippen molar-refractivity contribution in [1.82, 2.24) is 0 Å². The number of halogens is 1. The van der Waals surface area contributed by atoms with Crippen LogP contribution in [0.5, 0.6) is 0 Å². The van der Waals surface area contributed by atoms with Crippen molar-refractivity contribution >= 4 is 16.7 Å². The lowest BCUT2D eigenvalue weighted by Gasteiger charge is -2.01. The van der Waals surface area contributed by atoms with Crippen molar-refractivity contribution in [3.8, 4) is 11.8 Å². The molecule has 0 amide bonds. The second-order valence-electron chi connectivity index (χ2n) is 3.51. The first-order valence-electron chi connectivity index (χ1n) is 5.06. The summed E-state index contributed by atoms with van der Waals surface area (Å²) in [6.07, 6.45) is -0.217. The van der Waals surface area contributed by atoms with Gasteiger partial charge >= 0.3 is 5.97 Å². The number of benzene rings is 2. The van der Waals surface area contributed by atoms with E-state index in [-0.39, 0.29) is 12.2 Å². The zero-order valence-corrected chi connectivity index (χ0v) is 8.90. The van der Waals surface area contributed by atoms with Gasteiger partial charge in [-0.15, -0.1) is 0 Å². The van der Waals surface area contributed by atoms with Crippen molar-refractivity contribution in [3.63, 3.8) is 0 Å². The minimum absolute atomic E-state index is 0.217. The summed E-state index contributed by atoms with van der Waals surface area (Å²) in [5.41, 5.74) is 0.642. The lowest BCUT2D eigenvalue weighted by molar-refractivity contribution is -0.135. The van der Waals surface area contributed by atoms with Crippen LogP contribution in [0, 0.1) is 17.7 Å². The number of hydrogen-bond acceptors (Lipinski definition) is 1. The molecule has 0 spiro atoms. The molecule has 0 aliphatic heterocycles. The molecule has 0 aliphatic rings. The summed E-state index contributed by atoms with van der Waals surface area (Å²) in [4.78, 5) is 10.3. The standard InChI is InChI=1S/C14H9FO2/c15-13-9-8-10(4-3-7-14(16)17)11-5-1-2-6-12(11)13/h1-2,5-6,8-9H,7H2,(H,16,17). The zero-order valence-electron chi connectivity index (χ0n) is 8.90. The Kier molecular flexibility index (Phi) is 3.06. The molecule has 2 nitrogen and oxygen atoms in total. The largest absolute Gasteiger partial charge is 0.481 e. The molecule has 0 radical (unpaired) electrons. The van der Waals surface area contributed by atoms with Crippen molar-refractivity contribution in [2.24, 2.45) is 0 Å². The quantitative estimate of drug-likeness (QED) is 0.762.